The number of nitrogens with zero attached hydrogens (tertiary/aromatic N) is 3. The predicted octanol–water partition coefficient (Wildman–Crippen LogP) is 1.99. The van der Waals surface area contributed by atoms with E-state index in [1.54, 1.807) is 29.2 Å². The first-order valence-corrected chi connectivity index (χ1v) is 7.95. The third kappa shape index (κ3) is 4.56. The molecule has 7 nitrogen and oxygen atoms in total. The highest BCUT2D eigenvalue weighted by Gasteiger charge is 2.27. The quantitative estimate of drug-likeness (QED) is 0.896. The summed E-state index contributed by atoms with van der Waals surface area (Å²) in [6.45, 7) is 1.43. The molecule has 0 spiro atoms. The number of benzene rings is 1. The zero-order valence-corrected chi connectivity index (χ0v) is 13.8. The molecule has 0 saturated carbocycles. The van der Waals surface area contributed by atoms with Crippen LogP contribution in [0.2, 0.25) is 0 Å². The van der Waals surface area contributed by atoms with E-state index in [2.05, 4.69) is 15.5 Å². The zero-order chi connectivity index (χ0) is 17.6. The molecule has 1 N–H and O–H groups in total. The molecule has 2 aromatic rings. The molecular formula is C17H19FN4O3. The van der Waals surface area contributed by atoms with Crippen LogP contribution in [0, 0.1) is 5.82 Å². The Morgan fingerprint density at radius 2 is 1.96 bits per heavy atom. The van der Waals surface area contributed by atoms with Crippen molar-refractivity contribution in [1.29, 1.82) is 0 Å². The summed E-state index contributed by atoms with van der Waals surface area (Å²) in [6, 6.07) is 9.22. The number of likely N-dealkylation sites (tertiary alicyclic amines) is 1. The molecule has 1 aromatic carbocycles. The Balaban J connectivity index is 1.46. The molecule has 1 aliphatic rings. The normalized spacial score (nSPS) is 16.6. The molecule has 132 valence electrons. The molecule has 0 unspecified atom stereocenters. The lowest BCUT2D eigenvalue weighted by Gasteiger charge is -2.17. The number of hydrogen-bond acceptors (Lipinski definition) is 5. The zero-order valence-electron chi connectivity index (χ0n) is 13.8. The van der Waals surface area contributed by atoms with Crippen molar-refractivity contribution in [3.05, 3.63) is 47.8 Å². The van der Waals surface area contributed by atoms with Gasteiger partial charge in [0.25, 0.3) is 0 Å². The maximum atomic E-state index is 12.9. The van der Waals surface area contributed by atoms with Crippen LogP contribution in [0.3, 0.4) is 0 Å². The molecule has 1 aromatic heterocycles. The molecule has 1 atom stereocenters. The average molecular weight is 346 g/mol. The SMILES string of the molecule is COc1ccc(O[C@H]2CCN(C(=O)NCc3ccc(F)cc3)C2)nn1. The Labute approximate surface area is 144 Å². The van der Waals surface area contributed by atoms with Gasteiger partial charge in [0.2, 0.25) is 11.8 Å². The minimum absolute atomic E-state index is 0.126. The van der Waals surface area contributed by atoms with E-state index < -0.39 is 0 Å². The second kappa shape index (κ2) is 7.78. The van der Waals surface area contributed by atoms with Gasteiger partial charge in [0, 0.05) is 31.6 Å². The summed E-state index contributed by atoms with van der Waals surface area (Å²) in [4.78, 5) is 13.9. The number of rotatable bonds is 5. The van der Waals surface area contributed by atoms with Crippen molar-refractivity contribution >= 4 is 6.03 Å². The van der Waals surface area contributed by atoms with Crippen LogP contribution < -0.4 is 14.8 Å². The first-order valence-electron chi connectivity index (χ1n) is 7.95. The maximum Gasteiger partial charge on any atom is 0.317 e. The van der Waals surface area contributed by atoms with Crippen molar-refractivity contribution in [3.63, 3.8) is 0 Å². The van der Waals surface area contributed by atoms with Gasteiger partial charge >= 0.3 is 6.03 Å². The topological polar surface area (TPSA) is 76.6 Å². The highest BCUT2D eigenvalue weighted by molar-refractivity contribution is 5.74. The van der Waals surface area contributed by atoms with E-state index >= 15 is 0 Å². The van der Waals surface area contributed by atoms with Crippen LogP contribution in [-0.4, -0.2) is 47.4 Å². The fourth-order valence-electron chi connectivity index (χ4n) is 2.55. The Morgan fingerprint density at radius 1 is 1.24 bits per heavy atom. The number of ether oxygens (including phenoxy) is 2. The molecule has 0 radical (unpaired) electrons. The van der Waals surface area contributed by atoms with Crippen molar-refractivity contribution in [2.45, 2.75) is 19.1 Å². The van der Waals surface area contributed by atoms with Crippen LogP contribution in [-0.2, 0) is 6.54 Å². The summed E-state index contributed by atoms with van der Waals surface area (Å²) in [5.41, 5.74) is 0.843. The van der Waals surface area contributed by atoms with Crippen LogP contribution in [0.25, 0.3) is 0 Å². The lowest BCUT2D eigenvalue weighted by atomic mass is 10.2. The lowest BCUT2D eigenvalue weighted by Crippen LogP contribution is -2.39. The second-order valence-electron chi connectivity index (χ2n) is 5.67. The molecule has 8 heteroatoms. The van der Waals surface area contributed by atoms with Gasteiger partial charge in [0.05, 0.1) is 13.7 Å². The standard InChI is InChI=1S/C17H19FN4O3/c1-24-15-6-7-16(21-20-15)25-14-8-9-22(11-14)17(23)19-10-12-2-4-13(18)5-3-12/h2-7,14H,8-11H2,1H3,(H,19,23)/t14-/m0/s1. The molecule has 0 bridgehead atoms. The number of aromatic nitrogens is 2. The predicted molar refractivity (Wildman–Crippen MR) is 87.8 cm³/mol. The van der Waals surface area contributed by atoms with E-state index in [4.69, 9.17) is 9.47 Å². The highest BCUT2D eigenvalue weighted by atomic mass is 19.1. The van der Waals surface area contributed by atoms with Gasteiger partial charge < -0.3 is 19.7 Å². The van der Waals surface area contributed by atoms with E-state index in [1.807, 2.05) is 0 Å². The number of methoxy groups -OCH3 is 1. The van der Waals surface area contributed by atoms with Crippen molar-refractivity contribution in [1.82, 2.24) is 20.4 Å². The van der Waals surface area contributed by atoms with Crippen LogP contribution in [0.5, 0.6) is 11.8 Å². The number of carbonyl (C=O) groups excluding carboxylic acids is 1. The van der Waals surface area contributed by atoms with Crippen molar-refractivity contribution < 1.29 is 18.7 Å². The average Bonchev–Trinajstić information content (AvgIpc) is 3.10. The van der Waals surface area contributed by atoms with Gasteiger partial charge in [-0.15, -0.1) is 10.2 Å². The van der Waals surface area contributed by atoms with Gasteiger partial charge in [-0.25, -0.2) is 9.18 Å². The summed E-state index contributed by atoms with van der Waals surface area (Å²) in [7, 11) is 1.52. The number of amides is 2. The molecule has 3 rings (SSSR count). The molecule has 25 heavy (non-hydrogen) atoms. The van der Waals surface area contributed by atoms with Gasteiger partial charge in [-0.2, -0.15) is 0 Å². The monoisotopic (exact) mass is 346 g/mol. The maximum absolute atomic E-state index is 12.9. The molecular weight excluding hydrogens is 327 g/mol. The number of nitrogens with one attached hydrogen (secondary N) is 1. The summed E-state index contributed by atoms with van der Waals surface area (Å²) in [5, 5.41) is 10.6. The summed E-state index contributed by atoms with van der Waals surface area (Å²) in [5.74, 6) is 0.524. The molecule has 2 heterocycles. The van der Waals surface area contributed by atoms with Crippen LogP contribution in [0.4, 0.5) is 9.18 Å². The fraction of sp³-hybridized carbons (Fsp3) is 0.353. The van der Waals surface area contributed by atoms with Crippen molar-refractivity contribution in [2.75, 3.05) is 20.2 Å². The fourth-order valence-corrected chi connectivity index (χ4v) is 2.55. The Morgan fingerprint density at radius 3 is 2.64 bits per heavy atom. The Bertz CT molecular complexity index is 709. The largest absolute Gasteiger partial charge is 0.480 e. The molecule has 2 amide bonds. The van der Waals surface area contributed by atoms with Gasteiger partial charge in [-0.05, 0) is 17.7 Å². The smallest absolute Gasteiger partial charge is 0.317 e. The van der Waals surface area contributed by atoms with E-state index in [0.717, 1.165) is 12.0 Å². The minimum Gasteiger partial charge on any atom is -0.480 e. The number of urea groups is 1. The Kier molecular flexibility index (Phi) is 5.27. The molecule has 0 aliphatic carbocycles. The summed E-state index contributed by atoms with van der Waals surface area (Å²) >= 11 is 0. The molecule has 1 saturated heterocycles. The first-order chi connectivity index (χ1) is 12.1. The van der Waals surface area contributed by atoms with Gasteiger partial charge in [0.15, 0.2) is 0 Å². The first kappa shape index (κ1) is 16.9. The van der Waals surface area contributed by atoms with E-state index in [-0.39, 0.29) is 18.0 Å². The highest BCUT2D eigenvalue weighted by Crippen LogP contribution is 2.17. The summed E-state index contributed by atoms with van der Waals surface area (Å²) < 4.78 is 23.6. The van der Waals surface area contributed by atoms with Gasteiger partial charge in [0.1, 0.15) is 11.9 Å². The van der Waals surface area contributed by atoms with Crippen molar-refractivity contribution in [3.8, 4) is 11.8 Å². The lowest BCUT2D eigenvalue weighted by molar-refractivity contribution is 0.181. The third-order valence-electron chi connectivity index (χ3n) is 3.90. The van der Waals surface area contributed by atoms with E-state index in [9.17, 15) is 9.18 Å². The van der Waals surface area contributed by atoms with Crippen LogP contribution in [0.1, 0.15) is 12.0 Å². The van der Waals surface area contributed by atoms with E-state index in [1.165, 1.54) is 19.2 Å². The van der Waals surface area contributed by atoms with Crippen LogP contribution in [0.15, 0.2) is 36.4 Å². The Hall–Kier alpha value is -2.90. The van der Waals surface area contributed by atoms with E-state index in [0.29, 0.717) is 31.4 Å². The van der Waals surface area contributed by atoms with Gasteiger partial charge in [-0.3, -0.25) is 0 Å². The van der Waals surface area contributed by atoms with Crippen molar-refractivity contribution in [2.24, 2.45) is 0 Å². The number of halogens is 1. The summed E-state index contributed by atoms with van der Waals surface area (Å²) in [6.07, 6.45) is 0.594. The van der Waals surface area contributed by atoms with Gasteiger partial charge in [-0.1, -0.05) is 12.1 Å². The molecule has 1 fully saturated rings. The molecule has 1 aliphatic heterocycles. The minimum atomic E-state index is -0.295. The number of hydrogen-bond donors (Lipinski definition) is 1. The van der Waals surface area contributed by atoms with Crippen LogP contribution >= 0.6 is 0 Å². The third-order valence-corrected chi connectivity index (χ3v) is 3.90. The second-order valence-corrected chi connectivity index (χ2v) is 5.67. The number of carbonyl (C=O) groups is 1.